The fourth-order valence-electron chi connectivity index (χ4n) is 2.75. The van der Waals surface area contributed by atoms with E-state index in [-0.39, 0.29) is 17.6 Å². The van der Waals surface area contributed by atoms with Gasteiger partial charge in [0.1, 0.15) is 6.10 Å². The topological polar surface area (TPSA) is 38.3 Å². The second-order valence-corrected chi connectivity index (χ2v) is 6.96. The number of carbonyl (C=O) groups is 1. The summed E-state index contributed by atoms with van der Waals surface area (Å²) in [6.45, 7) is 11.5. The summed E-state index contributed by atoms with van der Waals surface area (Å²) in [7, 11) is 0. The van der Waals surface area contributed by atoms with Crippen LogP contribution in [0.3, 0.4) is 0 Å². The summed E-state index contributed by atoms with van der Waals surface area (Å²) < 4.78 is 5.57. The molecule has 2 unspecified atom stereocenters. The van der Waals surface area contributed by atoms with Crippen LogP contribution in [-0.2, 0) is 9.53 Å². The lowest BCUT2D eigenvalue weighted by atomic mass is 9.82. The van der Waals surface area contributed by atoms with Crippen LogP contribution < -0.4 is 5.32 Å². The zero-order chi connectivity index (χ0) is 13.8. The minimum atomic E-state index is -0.0574. The predicted octanol–water partition coefficient (Wildman–Crippen LogP) is 3.13. The third-order valence-electron chi connectivity index (χ3n) is 3.42. The third kappa shape index (κ3) is 6.39. The van der Waals surface area contributed by atoms with Crippen molar-refractivity contribution in [1.29, 1.82) is 0 Å². The minimum Gasteiger partial charge on any atom is -0.462 e. The van der Waals surface area contributed by atoms with E-state index >= 15 is 0 Å². The van der Waals surface area contributed by atoms with Gasteiger partial charge in [-0.3, -0.25) is 4.79 Å². The lowest BCUT2D eigenvalue weighted by Crippen LogP contribution is -2.37. The highest BCUT2D eigenvalue weighted by molar-refractivity contribution is 5.69. The van der Waals surface area contributed by atoms with Gasteiger partial charge in [0.15, 0.2) is 0 Å². The highest BCUT2D eigenvalue weighted by Gasteiger charge is 2.26. The molecule has 0 radical (unpaired) electrons. The molecule has 1 rings (SSSR count). The maximum absolute atomic E-state index is 11.7. The summed E-state index contributed by atoms with van der Waals surface area (Å²) >= 11 is 0. The van der Waals surface area contributed by atoms with E-state index in [4.69, 9.17) is 4.74 Å². The summed E-state index contributed by atoms with van der Waals surface area (Å²) in [5, 5.41) is 3.31. The fraction of sp³-hybridized carbons (Fsp3) is 0.933. The molecule has 2 atom stereocenters. The van der Waals surface area contributed by atoms with Crippen molar-refractivity contribution >= 4 is 5.97 Å². The van der Waals surface area contributed by atoms with E-state index in [1.807, 2.05) is 0 Å². The molecule has 1 saturated carbocycles. The van der Waals surface area contributed by atoms with Gasteiger partial charge in [-0.05, 0) is 51.9 Å². The molecule has 0 spiro atoms. The van der Waals surface area contributed by atoms with Gasteiger partial charge in [0, 0.05) is 12.1 Å². The van der Waals surface area contributed by atoms with Crippen molar-refractivity contribution in [3.63, 3.8) is 0 Å². The first-order chi connectivity index (χ1) is 8.26. The summed E-state index contributed by atoms with van der Waals surface area (Å²) in [4.78, 5) is 11.7. The Hall–Kier alpha value is -0.570. The average Bonchev–Trinajstić information content (AvgIpc) is 2.12. The fourth-order valence-corrected chi connectivity index (χ4v) is 2.75. The van der Waals surface area contributed by atoms with Crippen LogP contribution in [0, 0.1) is 11.8 Å². The molecule has 0 aromatic rings. The van der Waals surface area contributed by atoms with Crippen LogP contribution >= 0.6 is 0 Å². The van der Waals surface area contributed by atoms with Gasteiger partial charge in [0.25, 0.3) is 0 Å². The summed E-state index contributed by atoms with van der Waals surface area (Å²) in [5.41, 5.74) is 0.0636. The lowest BCUT2D eigenvalue weighted by Gasteiger charge is -2.31. The van der Waals surface area contributed by atoms with Crippen molar-refractivity contribution in [2.45, 2.75) is 71.9 Å². The van der Waals surface area contributed by atoms with Gasteiger partial charge in [-0.2, -0.15) is 0 Å². The van der Waals surface area contributed by atoms with E-state index in [9.17, 15) is 4.79 Å². The molecule has 0 amide bonds. The van der Waals surface area contributed by atoms with Crippen LogP contribution in [0.1, 0.15) is 60.3 Å². The summed E-state index contributed by atoms with van der Waals surface area (Å²) in [6, 6.07) is 0. The maximum Gasteiger partial charge on any atom is 0.307 e. The highest BCUT2D eigenvalue weighted by Crippen LogP contribution is 2.30. The Labute approximate surface area is 112 Å². The number of nitrogens with one attached hydrogen (secondary N) is 1. The molecule has 1 aliphatic rings. The number of carbonyl (C=O) groups excluding carboxylic acids is 1. The van der Waals surface area contributed by atoms with Crippen LogP contribution in [0.2, 0.25) is 0 Å². The first-order valence-electron chi connectivity index (χ1n) is 7.21. The SMILES string of the molecule is CC1CC(C)CC(OC(=O)CCNC(C)(C)C)C1. The smallest absolute Gasteiger partial charge is 0.307 e. The van der Waals surface area contributed by atoms with E-state index in [0.29, 0.717) is 24.8 Å². The van der Waals surface area contributed by atoms with E-state index in [2.05, 4.69) is 39.9 Å². The Morgan fingerprint density at radius 1 is 1.17 bits per heavy atom. The van der Waals surface area contributed by atoms with Crippen LogP contribution in [-0.4, -0.2) is 24.2 Å². The van der Waals surface area contributed by atoms with Crippen molar-refractivity contribution in [3.05, 3.63) is 0 Å². The van der Waals surface area contributed by atoms with Crippen molar-refractivity contribution in [2.75, 3.05) is 6.54 Å². The van der Waals surface area contributed by atoms with Gasteiger partial charge in [-0.25, -0.2) is 0 Å². The van der Waals surface area contributed by atoms with Gasteiger partial charge in [0.05, 0.1) is 6.42 Å². The molecule has 3 heteroatoms. The van der Waals surface area contributed by atoms with Crippen molar-refractivity contribution in [1.82, 2.24) is 5.32 Å². The molecule has 0 saturated heterocycles. The largest absolute Gasteiger partial charge is 0.462 e. The molecule has 0 bridgehead atoms. The quantitative estimate of drug-likeness (QED) is 0.784. The number of hydrogen-bond donors (Lipinski definition) is 1. The minimum absolute atomic E-state index is 0.0574. The van der Waals surface area contributed by atoms with Gasteiger partial charge < -0.3 is 10.1 Å². The first-order valence-corrected chi connectivity index (χ1v) is 7.21. The Balaban J connectivity index is 2.23. The number of esters is 1. The van der Waals surface area contributed by atoms with E-state index in [1.165, 1.54) is 6.42 Å². The highest BCUT2D eigenvalue weighted by atomic mass is 16.5. The monoisotopic (exact) mass is 255 g/mol. The molecule has 1 fully saturated rings. The standard InChI is InChI=1S/C15H29NO2/c1-11-8-12(2)10-13(9-11)18-14(17)6-7-16-15(3,4)5/h11-13,16H,6-10H2,1-5H3. The summed E-state index contributed by atoms with van der Waals surface area (Å²) in [5.74, 6) is 1.30. The molecule has 3 nitrogen and oxygen atoms in total. The number of ether oxygens (including phenoxy) is 1. The average molecular weight is 255 g/mol. The van der Waals surface area contributed by atoms with Crippen molar-refractivity contribution in [2.24, 2.45) is 11.8 Å². The zero-order valence-electron chi connectivity index (χ0n) is 12.6. The number of rotatable bonds is 4. The van der Waals surface area contributed by atoms with Crippen LogP contribution in [0.5, 0.6) is 0 Å². The zero-order valence-corrected chi connectivity index (χ0v) is 12.6. The lowest BCUT2D eigenvalue weighted by molar-refractivity contribution is -0.151. The Kier molecular flexibility index (Phi) is 5.64. The second kappa shape index (κ2) is 6.55. The van der Waals surface area contributed by atoms with Crippen molar-refractivity contribution < 1.29 is 9.53 Å². The molecule has 0 heterocycles. The van der Waals surface area contributed by atoms with E-state index in [1.54, 1.807) is 0 Å². The Morgan fingerprint density at radius 2 is 1.72 bits per heavy atom. The first kappa shape index (κ1) is 15.5. The predicted molar refractivity (Wildman–Crippen MR) is 74.4 cm³/mol. The van der Waals surface area contributed by atoms with Crippen molar-refractivity contribution in [3.8, 4) is 0 Å². The maximum atomic E-state index is 11.7. The second-order valence-electron chi connectivity index (χ2n) is 6.96. The number of hydrogen-bond acceptors (Lipinski definition) is 3. The summed E-state index contributed by atoms with van der Waals surface area (Å²) in [6.07, 6.45) is 3.94. The molecule has 0 aromatic heterocycles. The van der Waals surface area contributed by atoms with Gasteiger partial charge in [-0.1, -0.05) is 13.8 Å². The molecule has 0 aromatic carbocycles. The van der Waals surface area contributed by atoms with E-state index < -0.39 is 0 Å². The van der Waals surface area contributed by atoms with Gasteiger partial charge >= 0.3 is 5.97 Å². The molecule has 0 aliphatic heterocycles. The normalized spacial score (nSPS) is 29.1. The Bertz CT molecular complexity index is 260. The molecule has 1 aliphatic carbocycles. The Morgan fingerprint density at radius 3 is 2.22 bits per heavy atom. The van der Waals surface area contributed by atoms with Crippen LogP contribution in [0.25, 0.3) is 0 Å². The van der Waals surface area contributed by atoms with Crippen LogP contribution in [0.15, 0.2) is 0 Å². The van der Waals surface area contributed by atoms with Gasteiger partial charge in [0.2, 0.25) is 0 Å². The van der Waals surface area contributed by atoms with E-state index in [0.717, 1.165) is 12.8 Å². The van der Waals surface area contributed by atoms with Crippen LogP contribution in [0.4, 0.5) is 0 Å². The molecule has 106 valence electrons. The molecule has 18 heavy (non-hydrogen) atoms. The molecular formula is C15H29NO2. The van der Waals surface area contributed by atoms with Gasteiger partial charge in [-0.15, -0.1) is 0 Å². The molecule has 1 N–H and O–H groups in total. The third-order valence-corrected chi connectivity index (χ3v) is 3.42. The molecular weight excluding hydrogens is 226 g/mol.